The van der Waals surface area contributed by atoms with Crippen LogP contribution in [0.2, 0.25) is 5.15 Å². The van der Waals surface area contributed by atoms with E-state index in [1.54, 1.807) is 0 Å². The van der Waals surface area contributed by atoms with E-state index in [0.717, 1.165) is 37.3 Å². The zero-order valence-electron chi connectivity index (χ0n) is 13.1. The van der Waals surface area contributed by atoms with Crippen molar-refractivity contribution < 1.29 is 5.11 Å². The van der Waals surface area contributed by atoms with Gasteiger partial charge in [0.2, 0.25) is 0 Å². The number of piperidine rings is 1. The maximum Gasteiger partial charge on any atom is 0.190 e. The van der Waals surface area contributed by atoms with E-state index in [-0.39, 0.29) is 0 Å². The van der Waals surface area contributed by atoms with E-state index < -0.39 is 6.10 Å². The number of hydrogen-bond donors (Lipinski definition) is 1. The zero-order chi connectivity index (χ0) is 16.2. The minimum Gasteiger partial charge on any atom is -0.383 e. The van der Waals surface area contributed by atoms with Gasteiger partial charge in [0.1, 0.15) is 17.1 Å². The van der Waals surface area contributed by atoms with E-state index >= 15 is 0 Å². The molecule has 1 fully saturated rings. The second-order valence-electron chi connectivity index (χ2n) is 5.60. The van der Waals surface area contributed by atoms with Gasteiger partial charge in [-0.1, -0.05) is 53.7 Å². The number of benzene rings is 1. The molecule has 0 saturated carbocycles. The van der Waals surface area contributed by atoms with Crippen LogP contribution >= 0.6 is 23.4 Å². The molecule has 23 heavy (non-hydrogen) atoms. The molecule has 6 heteroatoms. The molecule has 1 aliphatic rings. The second-order valence-corrected chi connectivity index (χ2v) is 6.73. The van der Waals surface area contributed by atoms with Gasteiger partial charge in [-0.25, -0.2) is 9.97 Å². The van der Waals surface area contributed by atoms with Crippen molar-refractivity contribution in [2.24, 2.45) is 0 Å². The molecule has 2 heterocycles. The summed E-state index contributed by atoms with van der Waals surface area (Å²) in [5.41, 5.74) is 1.41. The highest BCUT2D eigenvalue weighted by Crippen LogP contribution is 2.36. The van der Waals surface area contributed by atoms with Gasteiger partial charge in [0, 0.05) is 13.1 Å². The van der Waals surface area contributed by atoms with Crippen molar-refractivity contribution in [3.8, 4) is 0 Å². The van der Waals surface area contributed by atoms with E-state index in [9.17, 15) is 5.11 Å². The lowest BCUT2D eigenvalue weighted by atomic mass is 10.0. The molecule has 0 spiro atoms. The maximum absolute atomic E-state index is 10.8. The fourth-order valence-corrected chi connectivity index (χ4v) is 3.57. The SMILES string of the molecule is CSc1nc(Cl)c([C@@H](O)c2ccccc2)c(N2CCCCC2)n1. The van der Waals surface area contributed by atoms with Crippen LogP contribution in [0.3, 0.4) is 0 Å². The number of aliphatic hydroxyl groups is 1. The normalized spacial score (nSPS) is 16.4. The number of aliphatic hydroxyl groups excluding tert-OH is 1. The molecule has 0 radical (unpaired) electrons. The van der Waals surface area contributed by atoms with Crippen molar-refractivity contribution in [2.75, 3.05) is 24.2 Å². The number of hydrogen-bond acceptors (Lipinski definition) is 5. The largest absolute Gasteiger partial charge is 0.383 e. The molecule has 4 nitrogen and oxygen atoms in total. The van der Waals surface area contributed by atoms with Crippen LogP contribution in [0.4, 0.5) is 5.82 Å². The fraction of sp³-hybridized carbons (Fsp3) is 0.412. The summed E-state index contributed by atoms with van der Waals surface area (Å²) in [6.45, 7) is 1.88. The average Bonchev–Trinajstić information content (AvgIpc) is 2.62. The van der Waals surface area contributed by atoms with Gasteiger partial charge in [-0.05, 0) is 31.1 Å². The van der Waals surface area contributed by atoms with Gasteiger partial charge in [-0.15, -0.1) is 0 Å². The number of anilines is 1. The molecule has 1 aliphatic heterocycles. The van der Waals surface area contributed by atoms with Crippen LogP contribution in [-0.4, -0.2) is 34.4 Å². The highest BCUT2D eigenvalue weighted by atomic mass is 35.5. The van der Waals surface area contributed by atoms with Crippen LogP contribution in [0.25, 0.3) is 0 Å². The Kier molecular flexibility index (Phi) is 5.41. The zero-order valence-corrected chi connectivity index (χ0v) is 14.6. The van der Waals surface area contributed by atoms with Crippen molar-refractivity contribution in [2.45, 2.75) is 30.5 Å². The predicted octanol–water partition coefficient (Wildman–Crippen LogP) is 3.92. The molecule has 0 unspecified atom stereocenters. The highest BCUT2D eigenvalue weighted by molar-refractivity contribution is 7.98. The minimum atomic E-state index is -0.823. The Morgan fingerprint density at radius 3 is 2.48 bits per heavy atom. The number of rotatable bonds is 4. The Bertz CT molecular complexity index is 662. The summed E-state index contributed by atoms with van der Waals surface area (Å²) in [5, 5.41) is 11.8. The average molecular weight is 350 g/mol. The third kappa shape index (κ3) is 3.62. The quantitative estimate of drug-likeness (QED) is 0.515. The van der Waals surface area contributed by atoms with Crippen LogP contribution in [0, 0.1) is 0 Å². The molecule has 1 N–H and O–H groups in total. The van der Waals surface area contributed by atoms with E-state index in [1.807, 2.05) is 36.6 Å². The Morgan fingerprint density at radius 2 is 1.83 bits per heavy atom. The summed E-state index contributed by atoms with van der Waals surface area (Å²) in [6, 6.07) is 9.53. The lowest BCUT2D eigenvalue weighted by Crippen LogP contribution is -2.32. The van der Waals surface area contributed by atoms with Crippen molar-refractivity contribution in [1.82, 2.24) is 9.97 Å². The minimum absolute atomic E-state index is 0.335. The number of halogens is 1. The lowest BCUT2D eigenvalue weighted by Gasteiger charge is -2.31. The Hall–Kier alpha value is -1.30. The summed E-state index contributed by atoms with van der Waals surface area (Å²) >= 11 is 7.89. The topological polar surface area (TPSA) is 49.3 Å². The van der Waals surface area contributed by atoms with Crippen LogP contribution in [0.15, 0.2) is 35.5 Å². The van der Waals surface area contributed by atoms with Crippen molar-refractivity contribution in [3.63, 3.8) is 0 Å². The standard InChI is InChI=1S/C17H20ClN3OS/c1-23-17-19-15(18)13(14(22)12-8-4-2-5-9-12)16(20-17)21-10-6-3-7-11-21/h2,4-5,8-9,14,22H,3,6-7,10-11H2,1H3/t14-/m0/s1. The van der Waals surface area contributed by atoms with Gasteiger partial charge < -0.3 is 10.0 Å². The van der Waals surface area contributed by atoms with E-state index in [4.69, 9.17) is 11.6 Å². The number of aromatic nitrogens is 2. The predicted molar refractivity (Wildman–Crippen MR) is 95.4 cm³/mol. The molecule has 1 aromatic heterocycles. The van der Waals surface area contributed by atoms with Gasteiger partial charge in [-0.2, -0.15) is 0 Å². The van der Waals surface area contributed by atoms with Gasteiger partial charge in [0.05, 0.1) is 5.56 Å². The molecular formula is C17H20ClN3OS. The fourth-order valence-electron chi connectivity index (χ4n) is 2.89. The van der Waals surface area contributed by atoms with E-state index in [0.29, 0.717) is 15.9 Å². The van der Waals surface area contributed by atoms with E-state index in [2.05, 4.69) is 14.9 Å². The monoisotopic (exact) mass is 349 g/mol. The number of nitrogens with zero attached hydrogens (tertiary/aromatic N) is 3. The summed E-state index contributed by atoms with van der Waals surface area (Å²) in [6.07, 6.45) is 4.62. The molecular weight excluding hydrogens is 330 g/mol. The van der Waals surface area contributed by atoms with Crippen LogP contribution in [0.5, 0.6) is 0 Å². The van der Waals surface area contributed by atoms with Crippen LogP contribution in [-0.2, 0) is 0 Å². The third-order valence-corrected chi connectivity index (χ3v) is 4.92. The Balaban J connectivity index is 2.06. The third-order valence-electron chi connectivity index (χ3n) is 4.09. The maximum atomic E-state index is 10.8. The first kappa shape index (κ1) is 16.6. The lowest BCUT2D eigenvalue weighted by molar-refractivity contribution is 0.219. The summed E-state index contributed by atoms with van der Waals surface area (Å²) in [7, 11) is 0. The second kappa shape index (κ2) is 7.51. The summed E-state index contributed by atoms with van der Waals surface area (Å²) in [4.78, 5) is 11.2. The first-order valence-electron chi connectivity index (χ1n) is 7.80. The smallest absolute Gasteiger partial charge is 0.190 e. The Labute approximate surface area is 145 Å². The highest BCUT2D eigenvalue weighted by Gasteiger charge is 2.26. The van der Waals surface area contributed by atoms with Gasteiger partial charge in [-0.3, -0.25) is 0 Å². The van der Waals surface area contributed by atoms with Gasteiger partial charge >= 0.3 is 0 Å². The summed E-state index contributed by atoms with van der Waals surface area (Å²) < 4.78 is 0. The summed E-state index contributed by atoms with van der Waals surface area (Å²) in [5.74, 6) is 0.769. The van der Waals surface area contributed by atoms with Gasteiger partial charge in [0.15, 0.2) is 5.16 Å². The first-order valence-corrected chi connectivity index (χ1v) is 9.40. The molecule has 1 atom stereocenters. The molecule has 0 bridgehead atoms. The van der Waals surface area contributed by atoms with E-state index in [1.165, 1.54) is 18.2 Å². The number of thioether (sulfide) groups is 1. The van der Waals surface area contributed by atoms with Crippen molar-refractivity contribution >= 4 is 29.2 Å². The molecule has 2 aromatic rings. The molecule has 3 rings (SSSR count). The molecule has 0 amide bonds. The Morgan fingerprint density at radius 1 is 1.13 bits per heavy atom. The van der Waals surface area contributed by atoms with Crippen LogP contribution < -0.4 is 4.90 Å². The molecule has 1 saturated heterocycles. The molecule has 0 aliphatic carbocycles. The van der Waals surface area contributed by atoms with Gasteiger partial charge in [0.25, 0.3) is 0 Å². The molecule has 122 valence electrons. The first-order chi connectivity index (χ1) is 11.2. The van der Waals surface area contributed by atoms with Crippen molar-refractivity contribution in [1.29, 1.82) is 0 Å². The van der Waals surface area contributed by atoms with Crippen LogP contribution in [0.1, 0.15) is 36.5 Å². The molecule has 1 aromatic carbocycles. The van der Waals surface area contributed by atoms with Crippen molar-refractivity contribution in [3.05, 3.63) is 46.6 Å².